The van der Waals surface area contributed by atoms with E-state index in [0.717, 1.165) is 0 Å². The van der Waals surface area contributed by atoms with Crippen molar-refractivity contribution in [2.24, 2.45) is 0 Å². The molecule has 0 aromatic rings. The van der Waals surface area contributed by atoms with Crippen molar-refractivity contribution >= 4 is 23.2 Å². The number of hydrogen-bond acceptors (Lipinski definition) is 1. The second-order valence-electron chi connectivity index (χ2n) is 1.89. The fourth-order valence-corrected chi connectivity index (χ4v) is 0.424. The molecule has 0 aromatic heterocycles. The highest BCUT2D eigenvalue weighted by Gasteiger charge is 2.59. The summed E-state index contributed by atoms with van der Waals surface area (Å²) in [7, 11) is 0. The van der Waals surface area contributed by atoms with Crippen LogP contribution in [0.15, 0.2) is 0 Å². The average Bonchev–Trinajstić information content (AvgIpc) is 1.83. The Bertz CT molecular complexity index is 178. The first kappa shape index (κ1) is 13.1. The fourth-order valence-electron chi connectivity index (χ4n) is 0.273. The first-order chi connectivity index (χ1) is 5.52. The van der Waals surface area contributed by atoms with E-state index in [4.69, 9.17) is 0 Å². The SMILES string of the molecule is FCC(F)(F)OC(F)(Cl)C(F)(F)Cl. The molecule has 0 saturated carbocycles. The summed E-state index contributed by atoms with van der Waals surface area (Å²) in [5.74, 6) is 0. The smallest absolute Gasteiger partial charge is 0.261 e. The number of rotatable bonds is 4. The fraction of sp³-hybridized carbons (Fsp3) is 1.00. The van der Waals surface area contributed by atoms with Crippen molar-refractivity contribution in [2.45, 2.75) is 16.8 Å². The Kier molecular flexibility index (Phi) is 3.74. The Balaban J connectivity index is 4.52. The molecule has 0 amide bonds. The molecule has 0 aliphatic rings. The van der Waals surface area contributed by atoms with Gasteiger partial charge in [-0.05, 0) is 23.2 Å². The van der Waals surface area contributed by atoms with Crippen molar-refractivity contribution in [3.8, 4) is 0 Å². The summed E-state index contributed by atoms with van der Waals surface area (Å²) in [5.41, 5.74) is 0. The molecule has 0 bridgehead atoms. The molecule has 80 valence electrons. The zero-order chi connectivity index (χ0) is 10.9. The maximum atomic E-state index is 12.3. The van der Waals surface area contributed by atoms with Gasteiger partial charge in [-0.15, -0.1) is 0 Å². The van der Waals surface area contributed by atoms with Gasteiger partial charge in [0.1, 0.15) is 0 Å². The molecule has 1 atom stereocenters. The molecular weight excluding hydrogens is 249 g/mol. The molecule has 0 rings (SSSR count). The van der Waals surface area contributed by atoms with E-state index in [1.807, 2.05) is 0 Å². The van der Waals surface area contributed by atoms with Crippen LogP contribution in [-0.4, -0.2) is 23.5 Å². The molecule has 0 aliphatic heterocycles. The van der Waals surface area contributed by atoms with Gasteiger partial charge >= 0.3 is 16.8 Å². The predicted molar refractivity (Wildman–Crippen MR) is 32.5 cm³/mol. The van der Waals surface area contributed by atoms with E-state index in [9.17, 15) is 26.3 Å². The monoisotopic (exact) mass is 250 g/mol. The third kappa shape index (κ3) is 3.78. The van der Waals surface area contributed by atoms with Crippen LogP contribution < -0.4 is 0 Å². The van der Waals surface area contributed by atoms with Crippen molar-refractivity contribution in [1.82, 2.24) is 0 Å². The highest BCUT2D eigenvalue weighted by molar-refractivity contribution is 6.31. The molecule has 0 radical (unpaired) electrons. The van der Waals surface area contributed by atoms with E-state index in [1.54, 1.807) is 0 Å². The van der Waals surface area contributed by atoms with Gasteiger partial charge in [0.15, 0.2) is 6.67 Å². The topological polar surface area (TPSA) is 9.23 Å². The van der Waals surface area contributed by atoms with Crippen LogP contribution in [0, 0.1) is 0 Å². The minimum atomic E-state index is -4.90. The van der Waals surface area contributed by atoms with Crippen LogP contribution in [0.2, 0.25) is 0 Å². The van der Waals surface area contributed by atoms with Gasteiger partial charge in [-0.1, -0.05) is 0 Å². The minimum absolute atomic E-state index is 2.50. The Hall–Kier alpha value is 0.120. The van der Waals surface area contributed by atoms with Crippen LogP contribution in [0.5, 0.6) is 0 Å². The summed E-state index contributed by atoms with van der Waals surface area (Å²) in [6, 6.07) is 0. The first-order valence-electron chi connectivity index (χ1n) is 2.60. The highest BCUT2D eigenvalue weighted by atomic mass is 35.5. The number of alkyl halides is 8. The molecule has 0 heterocycles. The van der Waals surface area contributed by atoms with E-state index in [0.29, 0.717) is 0 Å². The average molecular weight is 251 g/mol. The van der Waals surface area contributed by atoms with Gasteiger partial charge in [0.25, 0.3) is 0 Å². The van der Waals surface area contributed by atoms with Crippen molar-refractivity contribution in [3.05, 3.63) is 0 Å². The van der Waals surface area contributed by atoms with E-state index in [-0.39, 0.29) is 0 Å². The van der Waals surface area contributed by atoms with Crippen LogP contribution >= 0.6 is 23.2 Å². The van der Waals surface area contributed by atoms with Gasteiger partial charge < -0.3 is 0 Å². The van der Waals surface area contributed by atoms with Gasteiger partial charge in [-0.2, -0.15) is 22.0 Å². The van der Waals surface area contributed by atoms with Crippen LogP contribution in [0.25, 0.3) is 0 Å². The van der Waals surface area contributed by atoms with Gasteiger partial charge in [-0.3, -0.25) is 4.74 Å². The van der Waals surface area contributed by atoms with Gasteiger partial charge in [0.2, 0.25) is 0 Å². The summed E-state index contributed by atoms with van der Waals surface area (Å²) in [4.78, 5) is 0. The molecule has 0 saturated heterocycles. The van der Waals surface area contributed by atoms with E-state index in [2.05, 4.69) is 27.9 Å². The maximum absolute atomic E-state index is 12.3. The second kappa shape index (κ2) is 3.70. The van der Waals surface area contributed by atoms with Gasteiger partial charge in [-0.25, -0.2) is 4.39 Å². The molecule has 0 fully saturated rings. The normalized spacial score (nSPS) is 18.5. The zero-order valence-electron chi connectivity index (χ0n) is 5.64. The molecule has 13 heavy (non-hydrogen) atoms. The van der Waals surface area contributed by atoms with Crippen molar-refractivity contribution in [3.63, 3.8) is 0 Å². The lowest BCUT2D eigenvalue weighted by Gasteiger charge is -2.25. The largest absolute Gasteiger partial charge is 0.394 e. The maximum Gasteiger partial charge on any atom is 0.394 e. The molecule has 0 aliphatic carbocycles. The Morgan fingerprint density at radius 3 is 1.62 bits per heavy atom. The molecule has 9 heteroatoms. The molecule has 0 N–H and O–H groups in total. The predicted octanol–water partition coefficient (Wildman–Crippen LogP) is 3.26. The summed E-state index contributed by atoms with van der Waals surface area (Å²) >= 11 is 8.12. The van der Waals surface area contributed by atoms with Crippen LogP contribution in [0.4, 0.5) is 26.3 Å². The lowest BCUT2D eigenvalue weighted by Crippen LogP contribution is -2.43. The summed E-state index contributed by atoms with van der Waals surface area (Å²) in [6.45, 7) is -2.50. The number of ether oxygens (including phenoxy) is 1. The van der Waals surface area contributed by atoms with Crippen molar-refractivity contribution in [1.29, 1.82) is 0 Å². The Morgan fingerprint density at radius 2 is 1.38 bits per heavy atom. The van der Waals surface area contributed by atoms with E-state index < -0.39 is 23.5 Å². The summed E-state index contributed by atoms with van der Waals surface area (Å²) < 4.78 is 73.7. The zero-order valence-corrected chi connectivity index (χ0v) is 7.15. The van der Waals surface area contributed by atoms with Crippen molar-refractivity contribution in [2.75, 3.05) is 6.67 Å². The summed E-state index contributed by atoms with van der Waals surface area (Å²) in [6.07, 6.45) is -4.76. The van der Waals surface area contributed by atoms with Gasteiger partial charge in [0.05, 0.1) is 0 Å². The quantitative estimate of drug-likeness (QED) is 0.550. The second-order valence-corrected chi connectivity index (χ2v) is 2.85. The van der Waals surface area contributed by atoms with Crippen molar-refractivity contribution < 1.29 is 31.1 Å². The summed E-state index contributed by atoms with van der Waals surface area (Å²) in [5, 5.41) is -9.56. The first-order valence-corrected chi connectivity index (χ1v) is 3.36. The number of halogens is 8. The Labute approximate surface area is 78.5 Å². The highest BCUT2D eigenvalue weighted by Crippen LogP contribution is 2.43. The van der Waals surface area contributed by atoms with E-state index in [1.165, 1.54) is 0 Å². The standard InChI is InChI=1S/C4H2Cl2F6O/c5-3(10,11)4(6,12)13-2(8,9)1-7/h1H2. The molecule has 0 spiro atoms. The van der Waals surface area contributed by atoms with E-state index >= 15 is 0 Å². The van der Waals surface area contributed by atoms with Gasteiger partial charge in [0, 0.05) is 0 Å². The minimum Gasteiger partial charge on any atom is -0.261 e. The third-order valence-electron chi connectivity index (χ3n) is 0.763. The van der Waals surface area contributed by atoms with Crippen LogP contribution in [0.3, 0.4) is 0 Å². The molecule has 0 aromatic carbocycles. The lowest BCUT2D eigenvalue weighted by atomic mass is 10.6. The molecule has 1 unspecified atom stereocenters. The third-order valence-corrected chi connectivity index (χ3v) is 1.42. The molecular formula is C4H2Cl2F6O. The van der Waals surface area contributed by atoms with Crippen LogP contribution in [-0.2, 0) is 4.74 Å². The van der Waals surface area contributed by atoms with Crippen LogP contribution in [0.1, 0.15) is 0 Å². The molecule has 1 nitrogen and oxygen atoms in total. The Morgan fingerprint density at radius 1 is 1.00 bits per heavy atom. The number of hydrogen-bond donors (Lipinski definition) is 0. The lowest BCUT2D eigenvalue weighted by molar-refractivity contribution is -0.338.